The third kappa shape index (κ3) is 3.38. The number of aromatic hydroxyl groups is 1. The summed E-state index contributed by atoms with van der Waals surface area (Å²) in [6, 6.07) is 6.53. The minimum Gasteiger partial charge on any atom is -0.507 e. The highest BCUT2D eigenvalue weighted by molar-refractivity contribution is 6.07. The lowest BCUT2D eigenvalue weighted by molar-refractivity contribution is -0.277. The minimum absolute atomic E-state index is 0.0000652. The molecule has 146 valence electrons. The number of hydrogen-bond acceptors (Lipinski definition) is 8. The summed E-state index contributed by atoms with van der Waals surface area (Å²) >= 11 is 0. The number of aliphatic hydroxyl groups is 4. The smallest absolute Gasteiger partial charge is 0.229 e. The molecular weight excluding hydrogens is 356 g/mol. The molecule has 0 radical (unpaired) electrons. The van der Waals surface area contributed by atoms with Gasteiger partial charge in [0.25, 0.3) is 0 Å². The maximum absolute atomic E-state index is 12.2. The third-order valence-corrected chi connectivity index (χ3v) is 4.73. The molecule has 2 aromatic carbocycles. The Bertz CT molecular complexity index is 862. The summed E-state index contributed by atoms with van der Waals surface area (Å²) in [4.78, 5) is 12.2. The van der Waals surface area contributed by atoms with Crippen molar-refractivity contribution < 1.29 is 39.8 Å². The second-order valence-corrected chi connectivity index (χ2v) is 6.64. The molecule has 27 heavy (non-hydrogen) atoms. The van der Waals surface area contributed by atoms with Crippen molar-refractivity contribution in [2.75, 3.05) is 6.61 Å². The fourth-order valence-electron chi connectivity index (χ4n) is 3.37. The number of benzene rings is 2. The summed E-state index contributed by atoms with van der Waals surface area (Å²) in [7, 11) is 0. The topological polar surface area (TPSA) is 137 Å². The van der Waals surface area contributed by atoms with Gasteiger partial charge in [0.15, 0.2) is 5.78 Å². The van der Waals surface area contributed by atoms with Crippen LogP contribution in [0, 0.1) is 6.92 Å². The van der Waals surface area contributed by atoms with Crippen molar-refractivity contribution in [3.63, 3.8) is 0 Å². The second-order valence-electron chi connectivity index (χ2n) is 6.64. The molecule has 2 aromatic rings. The van der Waals surface area contributed by atoms with Crippen molar-refractivity contribution in [1.29, 1.82) is 0 Å². The predicted octanol–water partition coefficient (Wildman–Crippen LogP) is 0.235. The van der Waals surface area contributed by atoms with Gasteiger partial charge in [0.2, 0.25) is 6.29 Å². The van der Waals surface area contributed by atoms with E-state index in [2.05, 4.69) is 0 Å². The maximum Gasteiger partial charge on any atom is 0.229 e. The molecule has 1 saturated heterocycles. The number of phenolic OH excluding ortho intramolecular Hbond substituents is 1. The second kappa shape index (κ2) is 7.41. The van der Waals surface area contributed by atoms with Crippen molar-refractivity contribution in [2.45, 2.75) is 44.6 Å². The fourth-order valence-corrected chi connectivity index (χ4v) is 3.37. The third-order valence-electron chi connectivity index (χ3n) is 4.73. The molecule has 0 saturated carbocycles. The van der Waals surface area contributed by atoms with Crippen molar-refractivity contribution in [2.24, 2.45) is 0 Å². The van der Waals surface area contributed by atoms with Crippen molar-refractivity contribution in [3.05, 3.63) is 35.4 Å². The van der Waals surface area contributed by atoms with Crippen molar-refractivity contribution in [1.82, 2.24) is 0 Å². The van der Waals surface area contributed by atoms with Crippen LogP contribution in [0.3, 0.4) is 0 Å². The molecule has 0 aromatic heterocycles. The van der Waals surface area contributed by atoms with Gasteiger partial charge in [-0.2, -0.15) is 0 Å². The van der Waals surface area contributed by atoms with Crippen LogP contribution in [0.5, 0.6) is 11.5 Å². The first-order chi connectivity index (χ1) is 12.8. The Labute approximate surface area is 155 Å². The number of Topliss-reactive ketones (excluding diaryl/α,β-unsaturated/α-hetero) is 1. The molecule has 0 spiro atoms. The van der Waals surface area contributed by atoms with E-state index >= 15 is 0 Å². The number of phenols is 1. The molecule has 3 rings (SSSR count). The molecule has 8 nitrogen and oxygen atoms in total. The molecule has 1 aliphatic rings. The van der Waals surface area contributed by atoms with Crippen LogP contribution in [-0.4, -0.2) is 68.6 Å². The van der Waals surface area contributed by atoms with Gasteiger partial charge < -0.3 is 35.0 Å². The molecule has 0 bridgehead atoms. The van der Waals surface area contributed by atoms with Crippen molar-refractivity contribution in [3.8, 4) is 11.5 Å². The van der Waals surface area contributed by atoms with Gasteiger partial charge in [0, 0.05) is 0 Å². The maximum atomic E-state index is 12.2. The molecule has 1 aliphatic heterocycles. The number of hydrogen-bond donors (Lipinski definition) is 5. The van der Waals surface area contributed by atoms with Crippen LogP contribution in [0.1, 0.15) is 22.8 Å². The number of ketones is 1. The molecule has 0 amide bonds. The summed E-state index contributed by atoms with van der Waals surface area (Å²) in [5.74, 6) is -0.452. The van der Waals surface area contributed by atoms with E-state index in [0.29, 0.717) is 10.9 Å². The van der Waals surface area contributed by atoms with Crippen molar-refractivity contribution >= 4 is 16.6 Å². The first kappa shape index (κ1) is 19.5. The van der Waals surface area contributed by atoms with Gasteiger partial charge in [0.1, 0.15) is 35.9 Å². The molecule has 5 unspecified atom stereocenters. The zero-order valence-electron chi connectivity index (χ0n) is 14.9. The number of carbonyl (C=O) groups excluding carboxylic acids is 1. The van der Waals surface area contributed by atoms with E-state index in [1.807, 2.05) is 0 Å². The van der Waals surface area contributed by atoms with Gasteiger partial charge in [-0.15, -0.1) is 0 Å². The number of rotatable bonds is 4. The molecule has 5 N–H and O–H groups in total. The van der Waals surface area contributed by atoms with Crippen LogP contribution in [-0.2, 0) is 4.74 Å². The first-order valence-electron chi connectivity index (χ1n) is 8.49. The SMILES string of the molecule is CC(=O)c1c(C)cc2cccc(O)c2c1OC1OC(CO)C(O)C(O)C1O. The summed E-state index contributed by atoms with van der Waals surface area (Å²) in [5.41, 5.74) is 0.793. The zero-order valence-corrected chi connectivity index (χ0v) is 14.9. The molecule has 0 aliphatic carbocycles. The fraction of sp³-hybridized carbons (Fsp3) is 0.421. The van der Waals surface area contributed by atoms with Crippen LogP contribution < -0.4 is 4.74 Å². The van der Waals surface area contributed by atoms with Gasteiger partial charge in [-0.25, -0.2) is 0 Å². The number of ether oxygens (including phenoxy) is 2. The highest BCUT2D eigenvalue weighted by Gasteiger charge is 2.45. The quantitative estimate of drug-likeness (QED) is 0.477. The highest BCUT2D eigenvalue weighted by atomic mass is 16.7. The Morgan fingerprint density at radius 2 is 1.89 bits per heavy atom. The standard InChI is InChI=1S/C19H22O8/c1-8-6-10-4-3-5-11(22)14(10)18(13(8)9(2)21)27-19-17(25)16(24)15(23)12(7-20)26-19/h3-6,12,15-17,19-20,22-25H,7H2,1-2H3. The molecule has 1 heterocycles. The summed E-state index contributed by atoms with van der Waals surface area (Å²) < 4.78 is 11.1. The van der Waals surface area contributed by atoms with Crippen LogP contribution in [0.15, 0.2) is 24.3 Å². The lowest BCUT2D eigenvalue weighted by Gasteiger charge is -2.39. The van der Waals surface area contributed by atoms with Crippen LogP contribution >= 0.6 is 0 Å². The lowest BCUT2D eigenvalue weighted by atomic mass is 9.96. The average Bonchev–Trinajstić information content (AvgIpc) is 2.61. The molecular formula is C19H22O8. The summed E-state index contributed by atoms with van der Waals surface area (Å²) in [5, 5.41) is 50.6. The van der Waals surface area contributed by atoms with Gasteiger partial charge in [0.05, 0.1) is 17.6 Å². The molecule has 5 atom stereocenters. The largest absolute Gasteiger partial charge is 0.507 e. The van der Waals surface area contributed by atoms with Gasteiger partial charge >= 0.3 is 0 Å². The Kier molecular flexibility index (Phi) is 5.36. The molecule has 8 heteroatoms. The van der Waals surface area contributed by atoms with E-state index in [0.717, 1.165) is 0 Å². The van der Waals surface area contributed by atoms with Crippen LogP contribution in [0.25, 0.3) is 10.8 Å². The zero-order chi connectivity index (χ0) is 19.9. The summed E-state index contributed by atoms with van der Waals surface area (Å²) in [6.07, 6.45) is -7.41. The van der Waals surface area contributed by atoms with Crippen LogP contribution in [0.2, 0.25) is 0 Å². The number of carbonyl (C=O) groups is 1. The molecule has 1 fully saturated rings. The van der Waals surface area contributed by atoms with E-state index < -0.39 is 37.3 Å². The van der Waals surface area contributed by atoms with Gasteiger partial charge in [-0.1, -0.05) is 18.2 Å². The first-order valence-corrected chi connectivity index (χ1v) is 8.49. The highest BCUT2D eigenvalue weighted by Crippen LogP contribution is 2.40. The van der Waals surface area contributed by atoms with E-state index in [4.69, 9.17) is 9.47 Å². The number of fused-ring (bicyclic) bond motifs is 1. The van der Waals surface area contributed by atoms with Crippen LogP contribution in [0.4, 0.5) is 0 Å². The van der Waals surface area contributed by atoms with Gasteiger partial charge in [-0.3, -0.25) is 4.79 Å². The van der Waals surface area contributed by atoms with E-state index in [-0.39, 0.29) is 28.2 Å². The predicted molar refractivity (Wildman–Crippen MR) is 94.7 cm³/mol. The summed E-state index contributed by atoms with van der Waals surface area (Å²) in [6.45, 7) is 2.44. The Morgan fingerprint density at radius 3 is 2.52 bits per heavy atom. The number of aliphatic hydroxyl groups excluding tert-OH is 4. The Balaban J connectivity index is 2.13. The number of aryl methyl sites for hydroxylation is 1. The van der Waals surface area contributed by atoms with E-state index in [9.17, 15) is 30.3 Å². The Morgan fingerprint density at radius 1 is 1.19 bits per heavy atom. The average molecular weight is 378 g/mol. The van der Waals surface area contributed by atoms with E-state index in [1.54, 1.807) is 25.1 Å². The minimum atomic E-state index is -1.64. The van der Waals surface area contributed by atoms with E-state index in [1.165, 1.54) is 13.0 Å². The Hall–Kier alpha value is -2.23. The van der Waals surface area contributed by atoms with Gasteiger partial charge in [-0.05, 0) is 30.9 Å². The normalized spacial score (nSPS) is 28.3. The monoisotopic (exact) mass is 378 g/mol. The lowest BCUT2D eigenvalue weighted by Crippen LogP contribution is -2.60.